The predicted molar refractivity (Wildman–Crippen MR) is 55.1 cm³/mol. The van der Waals surface area contributed by atoms with Gasteiger partial charge in [0.2, 0.25) is 0 Å². The molecule has 0 aromatic heterocycles. The van der Waals surface area contributed by atoms with Crippen molar-refractivity contribution in [2.45, 2.75) is 6.54 Å². The molecule has 0 aliphatic carbocycles. The second kappa shape index (κ2) is 4.62. The van der Waals surface area contributed by atoms with Gasteiger partial charge in [-0.05, 0) is 17.7 Å². The number of hydrogen-bond acceptors (Lipinski definition) is 3. The minimum Gasteiger partial charge on any atom is -0.452 e. The van der Waals surface area contributed by atoms with Gasteiger partial charge in [0.25, 0.3) is 0 Å². The Labute approximate surface area is 83.3 Å². The standard InChI is InChI=1S/C10H14N2O2/c1-12(10(13)14-2)9-5-3-8(7-11)4-6-9/h3-6H,7,11H2,1-2H3. The Morgan fingerprint density at radius 3 is 2.43 bits per heavy atom. The highest BCUT2D eigenvalue weighted by Crippen LogP contribution is 2.14. The van der Waals surface area contributed by atoms with Crippen LogP contribution >= 0.6 is 0 Å². The number of nitrogens with two attached hydrogens (primary N) is 1. The zero-order chi connectivity index (χ0) is 10.6. The van der Waals surface area contributed by atoms with Crippen molar-refractivity contribution in [3.05, 3.63) is 29.8 Å². The molecule has 0 saturated carbocycles. The van der Waals surface area contributed by atoms with Gasteiger partial charge in [0.05, 0.1) is 7.11 Å². The van der Waals surface area contributed by atoms with E-state index in [0.717, 1.165) is 11.3 Å². The first-order valence-corrected chi connectivity index (χ1v) is 4.29. The third-order valence-electron chi connectivity index (χ3n) is 2.01. The minimum atomic E-state index is -0.384. The lowest BCUT2D eigenvalue weighted by molar-refractivity contribution is 0.180. The summed E-state index contributed by atoms with van der Waals surface area (Å²) in [5.41, 5.74) is 7.28. The molecule has 1 aromatic carbocycles. The molecule has 1 amide bonds. The van der Waals surface area contributed by atoms with Gasteiger partial charge in [-0.25, -0.2) is 4.79 Å². The predicted octanol–water partition coefficient (Wildman–Crippen LogP) is 1.35. The molecule has 0 fully saturated rings. The highest BCUT2D eigenvalue weighted by Gasteiger charge is 2.09. The Morgan fingerprint density at radius 2 is 2.00 bits per heavy atom. The molecule has 76 valence electrons. The van der Waals surface area contributed by atoms with Crippen molar-refractivity contribution in [1.82, 2.24) is 0 Å². The first-order valence-electron chi connectivity index (χ1n) is 4.29. The first kappa shape index (κ1) is 10.5. The third-order valence-corrected chi connectivity index (χ3v) is 2.01. The number of methoxy groups -OCH3 is 1. The quantitative estimate of drug-likeness (QED) is 0.773. The van der Waals surface area contributed by atoms with E-state index in [1.165, 1.54) is 12.0 Å². The van der Waals surface area contributed by atoms with E-state index in [1.54, 1.807) is 7.05 Å². The lowest BCUT2D eigenvalue weighted by atomic mass is 10.2. The number of nitrogens with zero attached hydrogens (tertiary/aromatic N) is 1. The molecule has 0 atom stereocenters. The van der Waals surface area contributed by atoms with Crippen LogP contribution in [-0.2, 0) is 11.3 Å². The van der Waals surface area contributed by atoms with Gasteiger partial charge in [-0.1, -0.05) is 12.1 Å². The molecule has 0 heterocycles. The maximum absolute atomic E-state index is 11.1. The number of benzene rings is 1. The van der Waals surface area contributed by atoms with Gasteiger partial charge in [-0.3, -0.25) is 4.90 Å². The summed E-state index contributed by atoms with van der Waals surface area (Å²) >= 11 is 0. The monoisotopic (exact) mass is 194 g/mol. The second-order valence-corrected chi connectivity index (χ2v) is 2.90. The largest absolute Gasteiger partial charge is 0.452 e. The number of rotatable bonds is 2. The van der Waals surface area contributed by atoms with Crippen molar-refractivity contribution >= 4 is 11.8 Å². The van der Waals surface area contributed by atoms with E-state index in [0.29, 0.717) is 6.54 Å². The number of anilines is 1. The maximum atomic E-state index is 11.1. The molecule has 0 radical (unpaired) electrons. The van der Waals surface area contributed by atoms with Crippen LogP contribution in [0.4, 0.5) is 10.5 Å². The van der Waals surface area contributed by atoms with Gasteiger partial charge in [-0.15, -0.1) is 0 Å². The van der Waals surface area contributed by atoms with Crippen molar-refractivity contribution in [3.8, 4) is 0 Å². The van der Waals surface area contributed by atoms with Gasteiger partial charge in [0.15, 0.2) is 0 Å². The number of ether oxygens (including phenoxy) is 1. The molecule has 0 spiro atoms. The molecule has 0 bridgehead atoms. The summed E-state index contributed by atoms with van der Waals surface area (Å²) in [4.78, 5) is 12.6. The van der Waals surface area contributed by atoms with Crippen LogP contribution in [0.1, 0.15) is 5.56 Å². The maximum Gasteiger partial charge on any atom is 0.413 e. The fourth-order valence-corrected chi connectivity index (χ4v) is 1.10. The van der Waals surface area contributed by atoms with Crippen LogP contribution < -0.4 is 10.6 Å². The molecular weight excluding hydrogens is 180 g/mol. The molecular formula is C10H14N2O2. The summed E-state index contributed by atoms with van der Waals surface area (Å²) in [5.74, 6) is 0. The molecule has 0 aliphatic heterocycles. The Balaban J connectivity index is 2.81. The van der Waals surface area contributed by atoms with Gasteiger partial charge < -0.3 is 10.5 Å². The Hall–Kier alpha value is -1.55. The smallest absolute Gasteiger partial charge is 0.413 e. The molecule has 0 unspecified atom stereocenters. The van der Waals surface area contributed by atoms with E-state index in [2.05, 4.69) is 4.74 Å². The number of carbonyl (C=O) groups is 1. The summed E-state index contributed by atoms with van der Waals surface area (Å²) in [6.45, 7) is 0.502. The topological polar surface area (TPSA) is 55.6 Å². The minimum absolute atomic E-state index is 0.384. The van der Waals surface area contributed by atoms with Crippen molar-refractivity contribution < 1.29 is 9.53 Å². The molecule has 4 nitrogen and oxygen atoms in total. The van der Waals surface area contributed by atoms with E-state index >= 15 is 0 Å². The molecule has 1 rings (SSSR count). The van der Waals surface area contributed by atoms with Gasteiger partial charge in [0, 0.05) is 19.3 Å². The van der Waals surface area contributed by atoms with E-state index in [1.807, 2.05) is 24.3 Å². The normalized spacial score (nSPS) is 9.64. The van der Waals surface area contributed by atoms with Crippen LogP contribution in [0.25, 0.3) is 0 Å². The molecule has 2 N–H and O–H groups in total. The summed E-state index contributed by atoms with van der Waals surface area (Å²) in [6, 6.07) is 7.43. The average molecular weight is 194 g/mol. The average Bonchev–Trinajstić information content (AvgIpc) is 2.27. The van der Waals surface area contributed by atoms with Crippen molar-refractivity contribution in [1.29, 1.82) is 0 Å². The third kappa shape index (κ3) is 2.23. The van der Waals surface area contributed by atoms with E-state index in [-0.39, 0.29) is 6.09 Å². The summed E-state index contributed by atoms with van der Waals surface area (Å²) in [6.07, 6.45) is -0.384. The Bertz CT molecular complexity index is 308. The summed E-state index contributed by atoms with van der Waals surface area (Å²) < 4.78 is 4.59. The van der Waals surface area contributed by atoms with Crippen LogP contribution in [0.15, 0.2) is 24.3 Å². The zero-order valence-electron chi connectivity index (χ0n) is 8.36. The molecule has 14 heavy (non-hydrogen) atoms. The van der Waals surface area contributed by atoms with Crippen molar-refractivity contribution in [3.63, 3.8) is 0 Å². The SMILES string of the molecule is COC(=O)N(C)c1ccc(CN)cc1. The number of carbonyl (C=O) groups excluding carboxylic acids is 1. The first-order chi connectivity index (χ1) is 6.69. The number of hydrogen-bond donors (Lipinski definition) is 1. The Morgan fingerprint density at radius 1 is 1.43 bits per heavy atom. The summed E-state index contributed by atoms with van der Waals surface area (Å²) in [5, 5.41) is 0. The second-order valence-electron chi connectivity index (χ2n) is 2.90. The lowest BCUT2D eigenvalue weighted by Gasteiger charge is -2.15. The van der Waals surface area contributed by atoms with E-state index in [9.17, 15) is 4.79 Å². The molecule has 4 heteroatoms. The van der Waals surface area contributed by atoms with E-state index in [4.69, 9.17) is 5.73 Å². The van der Waals surface area contributed by atoms with Crippen LogP contribution in [0.2, 0.25) is 0 Å². The highest BCUT2D eigenvalue weighted by molar-refractivity contribution is 5.86. The highest BCUT2D eigenvalue weighted by atomic mass is 16.5. The fourth-order valence-electron chi connectivity index (χ4n) is 1.10. The van der Waals surface area contributed by atoms with Crippen LogP contribution in [0.5, 0.6) is 0 Å². The van der Waals surface area contributed by atoms with Crippen LogP contribution in [-0.4, -0.2) is 20.3 Å². The summed E-state index contributed by atoms with van der Waals surface area (Å²) in [7, 11) is 3.01. The van der Waals surface area contributed by atoms with Gasteiger partial charge in [-0.2, -0.15) is 0 Å². The molecule has 1 aromatic rings. The molecule has 0 aliphatic rings. The Kier molecular flexibility index (Phi) is 3.48. The number of amides is 1. The van der Waals surface area contributed by atoms with E-state index < -0.39 is 0 Å². The van der Waals surface area contributed by atoms with Crippen molar-refractivity contribution in [2.75, 3.05) is 19.1 Å². The lowest BCUT2D eigenvalue weighted by Crippen LogP contribution is -2.25. The van der Waals surface area contributed by atoms with Crippen LogP contribution in [0, 0.1) is 0 Å². The molecule has 0 saturated heterocycles. The fraction of sp³-hybridized carbons (Fsp3) is 0.300. The zero-order valence-corrected chi connectivity index (χ0v) is 8.36. The van der Waals surface area contributed by atoms with Gasteiger partial charge in [0.1, 0.15) is 0 Å². The van der Waals surface area contributed by atoms with Crippen LogP contribution in [0.3, 0.4) is 0 Å². The van der Waals surface area contributed by atoms with Crippen molar-refractivity contribution in [2.24, 2.45) is 5.73 Å². The van der Waals surface area contributed by atoms with Gasteiger partial charge >= 0.3 is 6.09 Å².